The van der Waals surface area contributed by atoms with E-state index in [9.17, 15) is 18.8 Å². The van der Waals surface area contributed by atoms with Crippen LogP contribution in [0.5, 0.6) is 5.75 Å². The van der Waals surface area contributed by atoms with Crippen LogP contribution in [0.2, 0.25) is 0 Å². The predicted molar refractivity (Wildman–Crippen MR) is 63.6 cm³/mol. The molecular weight excluding hydrogens is 273 g/mol. The van der Waals surface area contributed by atoms with Crippen molar-refractivity contribution in [3.05, 3.63) is 29.6 Å². The summed E-state index contributed by atoms with van der Waals surface area (Å²) in [6.45, 7) is 0. The number of phenolic OH excluding ortho intramolecular Hbond substituents is 1. The molecule has 3 N–H and O–H groups in total. The Bertz CT molecular complexity index is 545. The largest absolute Gasteiger partial charge is 0.508 e. The van der Waals surface area contributed by atoms with Crippen LogP contribution < -0.4 is 5.32 Å². The lowest BCUT2D eigenvalue weighted by Gasteiger charge is -2.13. The maximum absolute atomic E-state index is 13.4. The summed E-state index contributed by atoms with van der Waals surface area (Å²) in [5.41, 5.74) is -0.445. The third kappa shape index (κ3) is 3.94. The molecule has 0 spiro atoms. The molecule has 7 nitrogen and oxygen atoms in total. The second-order valence-corrected chi connectivity index (χ2v) is 3.81. The predicted octanol–water partition coefficient (Wildman–Crippen LogP) is 0.277. The molecule has 108 valence electrons. The van der Waals surface area contributed by atoms with E-state index in [0.29, 0.717) is 6.07 Å². The number of phenols is 1. The normalized spacial score (nSPS) is 11.5. The highest BCUT2D eigenvalue weighted by molar-refractivity contribution is 5.97. The fraction of sp³-hybridized carbons (Fsp3) is 0.250. The first-order chi connectivity index (χ1) is 9.35. The number of nitrogens with one attached hydrogen (secondary N) is 1. The van der Waals surface area contributed by atoms with E-state index in [0.717, 1.165) is 19.2 Å². The van der Waals surface area contributed by atoms with E-state index in [4.69, 9.17) is 10.2 Å². The number of halogens is 1. The van der Waals surface area contributed by atoms with Crippen LogP contribution in [0, 0.1) is 5.82 Å². The van der Waals surface area contributed by atoms with E-state index in [1.54, 1.807) is 0 Å². The van der Waals surface area contributed by atoms with Crippen molar-refractivity contribution in [2.75, 3.05) is 7.11 Å². The number of aromatic hydroxyl groups is 1. The average molecular weight is 285 g/mol. The van der Waals surface area contributed by atoms with Crippen molar-refractivity contribution in [3.63, 3.8) is 0 Å². The number of rotatable bonds is 5. The van der Waals surface area contributed by atoms with Gasteiger partial charge in [-0.05, 0) is 12.1 Å². The van der Waals surface area contributed by atoms with Gasteiger partial charge < -0.3 is 20.3 Å². The van der Waals surface area contributed by atoms with Crippen LogP contribution in [-0.4, -0.2) is 41.2 Å². The first-order valence-corrected chi connectivity index (χ1v) is 5.44. The lowest BCUT2D eigenvalue weighted by molar-refractivity contribution is -0.147. The molecule has 0 aliphatic rings. The molecule has 1 aromatic rings. The first-order valence-electron chi connectivity index (χ1n) is 5.44. The van der Waals surface area contributed by atoms with E-state index >= 15 is 0 Å². The lowest BCUT2D eigenvalue weighted by Crippen LogP contribution is -2.42. The van der Waals surface area contributed by atoms with Gasteiger partial charge in [0.25, 0.3) is 5.91 Å². The molecule has 1 rings (SSSR count). The molecule has 0 aliphatic heterocycles. The van der Waals surface area contributed by atoms with Crippen LogP contribution in [0.15, 0.2) is 18.2 Å². The molecule has 0 heterocycles. The number of ether oxygens (including phenoxy) is 1. The quantitative estimate of drug-likeness (QED) is 0.670. The van der Waals surface area contributed by atoms with Crippen molar-refractivity contribution >= 4 is 17.8 Å². The van der Waals surface area contributed by atoms with Gasteiger partial charge in [0.15, 0.2) is 0 Å². The van der Waals surface area contributed by atoms with Gasteiger partial charge in [-0.25, -0.2) is 9.18 Å². The highest BCUT2D eigenvalue weighted by Crippen LogP contribution is 2.15. The average Bonchev–Trinajstić information content (AvgIpc) is 2.37. The molecular formula is C12H12FNO6. The molecule has 1 amide bonds. The van der Waals surface area contributed by atoms with E-state index in [1.807, 2.05) is 5.32 Å². The minimum absolute atomic E-state index is 0.372. The fourth-order valence-corrected chi connectivity index (χ4v) is 1.37. The van der Waals surface area contributed by atoms with Gasteiger partial charge in [0.05, 0.1) is 19.1 Å². The van der Waals surface area contributed by atoms with Crippen LogP contribution >= 0.6 is 0 Å². The van der Waals surface area contributed by atoms with Crippen LogP contribution in [0.1, 0.15) is 16.8 Å². The number of methoxy groups -OCH3 is 1. The molecule has 1 aromatic carbocycles. The van der Waals surface area contributed by atoms with Crippen molar-refractivity contribution in [2.24, 2.45) is 0 Å². The summed E-state index contributed by atoms with van der Waals surface area (Å²) in [7, 11) is 1.07. The standard InChI is InChI=1S/C12H12FNO6/c1-20-10(16)5-9(12(18)19)14-11(17)7-3-2-6(15)4-8(7)13/h2-4,9,15H,5H2,1H3,(H,14,17)(H,18,19)/t9-/m0/s1. The minimum Gasteiger partial charge on any atom is -0.508 e. The third-order valence-electron chi connectivity index (χ3n) is 2.40. The smallest absolute Gasteiger partial charge is 0.326 e. The van der Waals surface area contributed by atoms with Gasteiger partial charge >= 0.3 is 11.9 Å². The summed E-state index contributed by atoms with van der Waals surface area (Å²) < 4.78 is 17.7. The SMILES string of the molecule is COC(=O)C[C@H](NC(=O)c1ccc(O)cc1F)C(=O)O. The lowest BCUT2D eigenvalue weighted by atomic mass is 10.1. The Morgan fingerprint density at radius 1 is 1.40 bits per heavy atom. The van der Waals surface area contributed by atoms with E-state index in [-0.39, 0.29) is 5.75 Å². The zero-order chi connectivity index (χ0) is 15.3. The topological polar surface area (TPSA) is 113 Å². The maximum Gasteiger partial charge on any atom is 0.326 e. The summed E-state index contributed by atoms with van der Waals surface area (Å²) in [5, 5.41) is 19.9. The Morgan fingerprint density at radius 2 is 2.05 bits per heavy atom. The van der Waals surface area contributed by atoms with Gasteiger partial charge in [-0.15, -0.1) is 0 Å². The number of benzene rings is 1. The zero-order valence-electron chi connectivity index (χ0n) is 10.4. The van der Waals surface area contributed by atoms with Gasteiger partial charge in [0, 0.05) is 6.07 Å². The number of amides is 1. The molecule has 20 heavy (non-hydrogen) atoms. The fourth-order valence-electron chi connectivity index (χ4n) is 1.37. The second-order valence-electron chi connectivity index (χ2n) is 3.81. The first kappa shape index (κ1) is 15.4. The van der Waals surface area contributed by atoms with Gasteiger partial charge in [0.1, 0.15) is 17.6 Å². The number of esters is 1. The Balaban J connectivity index is 2.85. The summed E-state index contributed by atoms with van der Waals surface area (Å²) in [6, 6.07) is 1.25. The van der Waals surface area contributed by atoms with Gasteiger partial charge in [-0.1, -0.05) is 0 Å². The van der Waals surface area contributed by atoms with Crippen molar-refractivity contribution < 1.29 is 33.7 Å². The van der Waals surface area contributed by atoms with Crippen molar-refractivity contribution in [2.45, 2.75) is 12.5 Å². The van der Waals surface area contributed by atoms with Crippen molar-refractivity contribution in [1.29, 1.82) is 0 Å². The van der Waals surface area contributed by atoms with Crippen LogP contribution in [0.3, 0.4) is 0 Å². The van der Waals surface area contributed by atoms with E-state index in [1.165, 1.54) is 0 Å². The molecule has 8 heteroatoms. The Hall–Kier alpha value is -2.64. The summed E-state index contributed by atoms with van der Waals surface area (Å²) in [4.78, 5) is 33.6. The Labute approximate surface area is 113 Å². The number of aliphatic carboxylic acids is 1. The number of hydrogen-bond acceptors (Lipinski definition) is 5. The highest BCUT2D eigenvalue weighted by Gasteiger charge is 2.25. The summed E-state index contributed by atoms with van der Waals surface area (Å²) in [6.07, 6.45) is -0.586. The van der Waals surface area contributed by atoms with Crippen molar-refractivity contribution in [3.8, 4) is 5.75 Å². The molecule has 0 radical (unpaired) electrons. The summed E-state index contributed by atoms with van der Waals surface area (Å²) >= 11 is 0. The zero-order valence-corrected chi connectivity index (χ0v) is 10.4. The molecule has 0 fully saturated rings. The highest BCUT2D eigenvalue weighted by atomic mass is 19.1. The van der Waals surface area contributed by atoms with Gasteiger partial charge in [0.2, 0.25) is 0 Å². The number of hydrogen-bond donors (Lipinski definition) is 3. The Kier molecular flexibility index (Phi) is 5.01. The van der Waals surface area contributed by atoms with E-state index < -0.39 is 41.7 Å². The van der Waals surface area contributed by atoms with Gasteiger partial charge in [-0.2, -0.15) is 0 Å². The third-order valence-corrected chi connectivity index (χ3v) is 2.40. The molecule has 0 saturated carbocycles. The minimum atomic E-state index is -1.54. The molecule has 1 atom stereocenters. The molecule has 0 aliphatic carbocycles. The molecule has 0 saturated heterocycles. The maximum atomic E-state index is 13.4. The van der Waals surface area contributed by atoms with Crippen LogP contribution in [0.25, 0.3) is 0 Å². The van der Waals surface area contributed by atoms with Crippen molar-refractivity contribution in [1.82, 2.24) is 5.32 Å². The number of carbonyl (C=O) groups is 3. The monoisotopic (exact) mass is 285 g/mol. The number of carboxylic acid groups (broad SMARTS) is 1. The molecule has 0 aromatic heterocycles. The summed E-state index contributed by atoms with van der Waals surface area (Å²) in [5.74, 6) is -4.68. The Morgan fingerprint density at radius 3 is 2.55 bits per heavy atom. The van der Waals surface area contributed by atoms with Crippen LogP contribution in [0.4, 0.5) is 4.39 Å². The molecule has 0 bridgehead atoms. The van der Waals surface area contributed by atoms with Gasteiger partial charge in [-0.3, -0.25) is 9.59 Å². The second kappa shape index (κ2) is 6.50. The number of carboxylic acids is 1. The molecule has 0 unspecified atom stereocenters. The van der Waals surface area contributed by atoms with E-state index in [2.05, 4.69) is 4.74 Å². The van der Waals surface area contributed by atoms with Crippen LogP contribution in [-0.2, 0) is 14.3 Å². The number of carbonyl (C=O) groups excluding carboxylic acids is 2.